The highest BCUT2D eigenvalue weighted by Crippen LogP contribution is 2.34. The second kappa shape index (κ2) is 110. The van der Waals surface area contributed by atoms with Crippen LogP contribution in [-0.2, 0) is 0 Å². The molecule has 0 nitrogen and oxygen atoms in total. The molecular weight excluding hydrogens is 1330 g/mol. The van der Waals surface area contributed by atoms with Crippen molar-refractivity contribution in [1.82, 2.24) is 0 Å². The van der Waals surface area contributed by atoms with Crippen molar-refractivity contribution in [2.75, 3.05) is 0 Å². The van der Waals surface area contributed by atoms with Crippen LogP contribution in [0.5, 0.6) is 0 Å². The van der Waals surface area contributed by atoms with Gasteiger partial charge in [0.15, 0.2) is 0 Å². The van der Waals surface area contributed by atoms with E-state index in [0.717, 1.165) is 88.8 Å². The van der Waals surface area contributed by atoms with Crippen LogP contribution >= 0.6 is 0 Å². The molecule has 0 N–H and O–H groups in total. The van der Waals surface area contributed by atoms with Crippen LogP contribution in [0.4, 0.5) is 0 Å². The molecule has 0 heterocycles. The Bertz CT molecular complexity index is 1630. The molecule has 672 valence electrons. The van der Waals surface area contributed by atoms with Gasteiger partial charge >= 0.3 is 0 Å². The van der Waals surface area contributed by atoms with Crippen molar-refractivity contribution < 1.29 is 0 Å². The maximum absolute atomic E-state index is 2.36. The summed E-state index contributed by atoms with van der Waals surface area (Å²) in [6.07, 6.45) is 44.2. The van der Waals surface area contributed by atoms with E-state index in [9.17, 15) is 0 Å². The van der Waals surface area contributed by atoms with Crippen molar-refractivity contribution in [3.63, 3.8) is 0 Å². The normalized spacial score (nSPS) is 14.8. The van der Waals surface area contributed by atoms with E-state index in [0.29, 0.717) is 17.8 Å². The van der Waals surface area contributed by atoms with Gasteiger partial charge < -0.3 is 0 Å². The first-order valence-electron chi connectivity index (χ1n) is 50.2. The van der Waals surface area contributed by atoms with Gasteiger partial charge in [-0.05, 0) is 123 Å². The maximum Gasteiger partial charge on any atom is -0.0219 e. The first-order valence-corrected chi connectivity index (χ1v) is 50.2. The molecule has 0 amide bonds. The number of hydrogen-bond donors (Lipinski definition) is 0. The van der Waals surface area contributed by atoms with E-state index in [1.165, 1.54) is 209 Å². The molecule has 0 radical (unpaired) electrons. The average molecular weight is 1560 g/mol. The van der Waals surface area contributed by atoms with Crippen LogP contribution in [0.1, 0.15) is 539 Å². The van der Waals surface area contributed by atoms with Gasteiger partial charge in [-0.15, -0.1) is 0 Å². The van der Waals surface area contributed by atoms with Gasteiger partial charge in [0.2, 0.25) is 0 Å². The van der Waals surface area contributed by atoms with Crippen molar-refractivity contribution in [3.8, 4) is 0 Å². The van der Waals surface area contributed by atoms with Gasteiger partial charge in [-0.2, -0.15) is 0 Å². The summed E-state index contributed by atoms with van der Waals surface area (Å²) in [5.74, 6) is 16.6. The summed E-state index contributed by atoms with van der Waals surface area (Å²) in [4.78, 5) is 0. The summed E-state index contributed by atoms with van der Waals surface area (Å²) < 4.78 is 0. The fraction of sp³-hybridized carbons (Fsp3) is 0.838. The van der Waals surface area contributed by atoms with Crippen LogP contribution in [0.2, 0.25) is 0 Å². The summed E-state index contributed by atoms with van der Waals surface area (Å²) >= 11 is 0. The van der Waals surface area contributed by atoms with Gasteiger partial charge in [0.05, 0.1) is 0 Å². The third-order valence-electron chi connectivity index (χ3n) is 21.7. The minimum Gasteiger partial charge on any atom is -0.0683 e. The molecule has 0 bridgehead atoms. The van der Waals surface area contributed by atoms with E-state index >= 15 is 0 Å². The van der Waals surface area contributed by atoms with E-state index in [1.807, 2.05) is 143 Å². The molecule has 3 aromatic carbocycles. The molecule has 3 aromatic rings. The predicted octanol–water partition coefficient (Wildman–Crippen LogP) is 42.0. The number of hydrogen-bond acceptors (Lipinski definition) is 0. The second-order valence-electron chi connectivity index (χ2n) is 33.9. The second-order valence-corrected chi connectivity index (χ2v) is 33.9. The Kier molecular flexibility index (Phi) is 133. The molecule has 6 aliphatic rings. The molecule has 0 unspecified atom stereocenters. The molecule has 0 aliphatic heterocycles. The zero-order chi connectivity index (χ0) is 88.9. The Morgan fingerprint density at radius 3 is 0.342 bits per heavy atom. The van der Waals surface area contributed by atoms with Crippen molar-refractivity contribution in [3.05, 3.63) is 108 Å². The molecule has 0 aromatic heterocycles. The lowest BCUT2D eigenvalue weighted by atomic mass is 9.82. The van der Waals surface area contributed by atoms with Crippen LogP contribution in [0, 0.1) is 88.8 Å². The maximum atomic E-state index is 2.36. The minimum absolute atomic E-state index is 0.659. The van der Waals surface area contributed by atoms with Gasteiger partial charge in [0, 0.05) is 0 Å². The summed E-state index contributed by atoms with van der Waals surface area (Å²) in [7, 11) is 0. The van der Waals surface area contributed by atoms with Crippen molar-refractivity contribution in [2.24, 2.45) is 88.8 Å². The molecule has 6 aliphatic carbocycles. The molecule has 0 atom stereocenters. The monoisotopic (exact) mass is 1560 g/mol. The third kappa shape index (κ3) is 102. The quantitative estimate of drug-likeness (QED) is 0.170. The van der Waals surface area contributed by atoms with Crippen LogP contribution in [0.3, 0.4) is 0 Å². The van der Waals surface area contributed by atoms with Gasteiger partial charge in [-0.3, -0.25) is 0 Å². The smallest absolute Gasteiger partial charge is 0.0219 e. The standard InChI is InChI=1S/3C9H18.3C9H12.3C8H16.3C5H12.9C2H6/c6*1-8(2)9-6-4-3-5-7-9;3*1-7(2)8-5-3-4-6-8;3*1-4-5(2)3;9*1-2/h3*8-9H,3-7H2,1-2H3;3*3-8H,1-2H3;3*7-8H,3-6H2,1-2H3;3*5H,4H2,1-3H3;9*1-2H3. The van der Waals surface area contributed by atoms with Gasteiger partial charge in [0.25, 0.3) is 0 Å². The summed E-state index contributed by atoms with van der Waals surface area (Å²) in [5.41, 5.74) is 4.24. The zero-order valence-electron chi connectivity index (χ0n) is 86.8. The SMILES string of the molecule is CC.CC.CC.CC.CC.CC.CC.CC.CC.CC(C)C1CCCC1.CC(C)C1CCCC1.CC(C)C1CCCC1.CC(C)C1CCCCC1.CC(C)C1CCCCC1.CC(C)C1CCCCC1.CC(C)c1ccccc1.CC(C)c1ccccc1.CC(C)c1ccccc1.CCC(C)C.CCC(C)C.CCC(C)C. The lowest BCUT2D eigenvalue weighted by Crippen LogP contribution is -2.12. The highest BCUT2D eigenvalue weighted by molar-refractivity contribution is 5.19. The zero-order valence-corrected chi connectivity index (χ0v) is 86.8. The van der Waals surface area contributed by atoms with E-state index < -0.39 is 0 Å². The molecular formula is C111H228. The lowest BCUT2D eigenvalue weighted by molar-refractivity contribution is 0.279. The Morgan fingerprint density at radius 1 is 0.180 bits per heavy atom. The van der Waals surface area contributed by atoms with Gasteiger partial charge in [-0.1, -0.05) is 595 Å². The highest BCUT2D eigenvalue weighted by atomic mass is 14.3. The Morgan fingerprint density at radius 2 is 0.279 bits per heavy atom. The van der Waals surface area contributed by atoms with Crippen molar-refractivity contribution >= 4 is 0 Å². The van der Waals surface area contributed by atoms with Crippen LogP contribution < -0.4 is 0 Å². The van der Waals surface area contributed by atoms with Crippen molar-refractivity contribution in [1.29, 1.82) is 0 Å². The predicted molar refractivity (Wildman–Crippen MR) is 534 cm³/mol. The van der Waals surface area contributed by atoms with E-state index in [-0.39, 0.29) is 0 Å². The Hall–Kier alpha value is -2.34. The van der Waals surface area contributed by atoms with E-state index in [4.69, 9.17) is 0 Å². The highest BCUT2D eigenvalue weighted by Gasteiger charge is 2.21. The van der Waals surface area contributed by atoms with Gasteiger partial charge in [0.1, 0.15) is 0 Å². The number of benzene rings is 3. The molecule has 0 heteroatoms. The first kappa shape index (κ1) is 135. The first-order chi connectivity index (χ1) is 53.1. The fourth-order valence-corrected chi connectivity index (χ4v) is 12.8. The average Bonchev–Trinajstić information content (AvgIpc) is 1.19. The molecule has 6 fully saturated rings. The van der Waals surface area contributed by atoms with Crippen LogP contribution in [0.15, 0.2) is 91.0 Å². The number of rotatable bonds is 12. The topological polar surface area (TPSA) is 0 Å². The van der Waals surface area contributed by atoms with Crippen molar-refractivity contribution in [2.45, 2.75) is 522 Å². The van der Waals surface area contributed by atoms with Gasteiger partial charge in [-0.25, -0.2) is 0 Å². The van der Waals surface area contributed by atoms with E-state index in [1.54, 1.807) is 0 Å². The molecule has 0 spiro atoms. The van der Waals surface area contributed by atoms with E-state index in [2.05, 4.69) is 260 Å². The van der Waals surface area contributed by atoms with Crippen LogP contribution in [0.25, 0.3) is 0 Å². The molecule has 6 saturated carbocycles. The molecule has 9 rings (SSSR count). The Labute approximate surface area is 714 Å². The minimum atomic E-state index is 0.659. The summed E-state index contributed by atoms with van der Waals surface area (Å²) in [6.45, 7) is 97.4. The largest absolute Gasteiger partial charge is 0.0683 e. The van der Waals surface area contributed by atoms with Crippen LogP contribution in [-0.4, -0.2) is 0 Å². The Balaban J connectivity index is -0.0000000949. The third-order valence-corrected chi connectivity index (χ3v) is 21.7. The fourth-order valence-electron chi connectivity index (χ4n) is 12.8. The lowest BCUT2D eigenvalue weighted by Gasteiger charge is -2.24. The summed E-state index contributed by atoms with van der Waals surface area (Å²) in [5, 5.41) is 0. The molecule has 111 heavy (non-hydrogen) atoms. The molecule has 0 saturated heterocycles. The summed E-state index contributed by atoms with van der Waals surface area (Å²) in [6, 6.07) is 31.6.